The number of rotatable bonds is 7. The minimum Gasteiger partial charge on any atom is -0.495 e. The fourth-order valence-electron chi connectivity index (χ4n) is 3.58. The zero-order valence-electron chi connectivity index (χ0n) is 18.0. The van der Waals surface area contributed by atoms with Crippen molar-refractivity contribution in [3.05, 3.63) is 94.0 Å². The Labute approximate surface area is 202 Å². The second kappa shape index (κ2) is 10.6. The fourth-order valence-corrected chi connectivity index (χ4v) is 3.88. The third-order valence-electron chi connectivity index (χ3n) is 5.26. The van der Waals surface area contributed by atoms with Crippen molar-refractivity contribution < 1.29 is 14.4 Å². The second-order valence-electron chi connectivity index (χ2n) is 7.59. The van der Waals surface area contributed by atoms with Gasteiger partial charge >= 0.3 is 6.03 Å². The minimum absolute atomic E-state index is 0.255. The molecule has 6 nitrogen and oxygen atoms in total. The van der Waals surface area contributed by atoms with Gasteiger partial charge in [-0.25, -0.2) is 4.79 Å². The molecule has 0 aromatic heterocycles. The smallest absolute Gasteiger partial charge is 0.322 e. The number of methoxy groups -OCH3 is 1. The van der Waals surface area contributed by atoms with Crippen molar-refractivity contribution in [2.24, 2.45) is 5.16 Å². The van der Waals surface area contributed by atoms with Crippen LogP contribution in [0.2, 0.25) is 10.0 Å². The van der Waals surface area contributed by atoms with Gasteiger partial charge in [-0.2, -0.15) is 0 Å². The summed E-state index contributed by atoms with van der Waals surface area (Å²) in [6.45, 7) is 0.772. The summed E-state index contributed by atoms with van der Waals surface area (Å²) in [4.78, 5) is 20.6. The van der Waals surface area contributed by atoms with Gasteiger partial charge in [0.15, 0.2) is 6.10 Å². The molecule has 1 atom stereocenters. The van der Waals surface area contributed by atoms with Crippen LogP contribution in [0.3, 0.4) is 0 Å². The number of urea groups is 1. The van der Waals surface area contributed by atoms with Crippen LogP contribution in [0.25, 0.3) is 0 Å². The van der Waals surface area contributed by atoms with Crippen LogP contribution in [0.5, 0.6) is 5.75 Å². The molecule has 1 aliphatic rings. The predicted molar refractivity (Wildman–Crippen MR) is 131 cm³/mol. The van der Waals surface area contributed by atoms with Gasteiger partial charge in [0.2, 0.25) is 0 Å². The van der Waals surface area contributed by atoms with Crippen molar-refractivity contribution in [2.45, 2.75) is 19.1 Å². The minimum atomic E-state index is -0.290. The number of anilines is 1. The van der Waals surface area contributed by atoms with E-state index in [2.05, 4.69) is 10.5 Å². The molecule has 33 heavy (non-hydrogen) atoms. The Balaban J connectivity index is 1.48. The zero-order chi connectivity index (χ0) is 23.2. The Morgan fingerprint density at radius 3 is 2.61 bits per heavy atom. The highest BCUT2D eigenvalue weighted by molar-refractivity contribution is 6.42. The van der Waals surface area contributed by atoms with E-state index in [1.165, 1.54) is 0 Å². The van der Waals surface area contributed by atoms with E-state index in [9.17, 15) is 4.79 Å². The molecular weight excluding hydrogens is 461 g/mol. The van der Waals surface area contributed by atoms with Gasteiger partial charge in [0.05, 0.1) is 35.1 Å². The van der Waals surface area contributed by atoms with Gasteiger partial charge in [-0.1, -0.05) is 76.9 Å². The first-order chi connectivity index (χ1) is 16.0. The summed E-state index contributed by atoms with van der Waals surface area (Å²) in [7, 11) is 1.57. The van der Waals surface area contributed by atoms with Crippen molar-refractivity contribution in [1.82, 2.24) is 4.90 Å². The average Bonchev–Trinajstić information content (AvgIpc) is 3.30. The summed E-state index contributed by atoms with van der Waals surface area (Å²) in [6, 6.07) is 22.2. The Morgan fingerprint density at radius 1 is 1.09 bits per heavy atom. The lowest BCUT2D eigenvalue weighted by Gasteiger charge is -2.25. The van der Waals surface area contributed by atoms with Gasteiger partial charge in [-0.15, -0.1) is 0 Å². The number of ether oxygens (including phenoxy) is 1. The zero-order valence-corrected chi connectivity index (χ0v) is 19.5. The summed E-state index contributed by atoms with van der Waals surface area (Å²) in [5.74, 6) is 0.591. The van der Waals surface area contributed by atoms with Crippen LogP contribution in [0.4, 0.5) is 10.5 Å². The van der Waals surface area contributed by atoms with Crippen LogP contribution in [-0.4, -0.2) is 36.4 Å². The number of amides is 2. The first-order valence-electron chi connectivity index (χ1n) is 10.4. The first kappa shape index (κ1) is 23.0. The van der Waals surface area contributed by atoms with Crippen molar-refractivity contribution in [1.29, 1.82) is 0 Å². The molecule has 2 amide bonds. The van der Waals surface area contributed by atoms with E-state index in [1.807, 2.05) is 48.5 Å². The van der Waals surface area contributed by atoms with Gasteiger partial charge in [-0.3, -0.25) is 0 Å². The van der Waals surface area contributed by atoms with E-state index in [1.54, 1.807) is 36.3 Å². The Bertz CT molecular complexity index is 1150. The number of hydrogen-bond donors (Lipinski definition) is 1. The van der Waals surface area contributed by atoms with E-state index >= 15 is 0 Å². The van der Waals surface area contributed by atoms with Crippen LogP contribution in [-0.2, 0) is 11.4 Å². The Morgan fingerprint density at radius 2 is 1.85 bits per heavy atom. The summed E-state index contributed by atoms with van der Waals surface area (Å²) >= 11 is 12.2. The van der Waals surface area contributed by atoms with Crippen LogP contribution in [0.1, 0.15) is 17.5 Å². The topological polar surface area (TPSA) is 63.2 Å². The van der Waals surface area contributed by atoms with Crippen LogP contribution >= 0.6 is 23.2 Å². The molecule has 1 heterocycles. The van der Waals surface area contributed by atoms with Gasteiger partial charge < -0.3 is 19.8 Å². The molecule has 0 fully saturated rings. The maximum atomic E-state index is 13.2. The quantitative estimate of drug-likeness (QED) is 0.433. The van der Waals surface area contributed by atoms with E-state index in [4.69, 9.17) is 32.8 Å². The molecule has 1 aliphatic heterocycles. The lowest BCUT2D eigenvalue weighted by molar-refractivity contribution is 0.0608. The molecule has 3 aromatic carbocycles. The average molecular weight is 484 g/mol. The molecule has 0 spiro atoms. The number of nitrogens with zero attached hydrogens (tertiary/aromatic N) is 2. The maximum absolute atomic E-state index is 13.2. The number of hydrogen-bond acceptors (Lipinski definition) is 4. The molecule has 1 N–H and O–H groups in total. The molecule has 0 radical (unpaired) electrons. The van der Waals surface area contributed by atoms with Crippen molar-refractivity contribution in [3.8, 4) is 5.75 Å². The number of halogens is 2. The van der Waals surface area contributed by atoms with Crippen molar-refractivity contribution in [3.63, 3.8) is 0 Å². The third-order valence-corrected chi connectivity index (χ3v) is 6.00. The first-order valence-corrected chi connectivity index (χ1v) is 11.2. The molecule has 0 saturated carbocycles. The second-order valence-corrected chi connectivity index (χ2v) is 8.41. The van der Waals surface area contributed by atoms with E-state index in [0.29, 0.717) is 41.0 Å². The van der Waals surface area contributed by atoms with Gasteiger partial charge in [-0.05, 0) is 29.8 Å². The van der Waals surface area contributed by atoms with Crippen LogP contribution in [0.15, 0.2) is 78.0 Å². The SMILES string of the molecule is COc1ccccc1NC(=O)N(Cc1ccccc1)CC1CC(c2ccc(Cl)c(Cl)c2)=NO1. The number of oxime groups is 1. The standard InChI is InChI=1S/C25H23Cl2N3O3/c1-32-24-10-6-5-9-22(24)28-25(31)30(15-17-7-3-2-4-8-17)16-19-14-23(29-33-19)18-11-12-20(26)21(27)13-18/h2-13,19H,14-16H2,1H3,(H,28,31). The molecule has 1 unspecified atom stereocenters. The molecule has 3 aromatic rings. The molecule has 0 saturated heterocycles. The maximum Gasteiger partial charge on any atom is 0.322 e. The third kappa shape index (κ3) is 5.78. The number of carbonyl (C=O) groups excluding carboxylic acids is 1. The summed E-state index contributed by atoms with van der Waals surface area (Å²) in [5.41, 5.74) is 3.22. The molecule has 0 aliphatic carbocycles. The predicted octanol–water partition coefficient (Wildman–Crippen LogP) is 6.23. The van der Waals surface area contributed by atoms with Crippen molar-refractivity contribution >= 4 is 40.6 Å². The van der Waals surface area contributed by atoms with E-state index in [0.717, 1.165) is 16.8 Å². The fraction of sp³-hybridized carbons (Fsp3) is 0.200. The molecular formula is C25H23Cl2N3O3. The van der Waals surface area contributed by atoms with Gasteiger partial charge in [0.25, 0.3) is 0 Å². The number of benzene rings is 3. The summed E-state index contributed by atoms with van der Waals surface area (Å²) < 4.78 is 5.36. The molecule has 170 valence electrons. The summed E-state index contributed by atoms with van der Waals surface area (Å²) in [5, 5.41) is 8.12. The molecule has 8 heteroatoms. The highest BCUT2D eigenvalue weighted by atomic mass is 35.5. The highest BCUT2D eigenvalue weighted by Gasteiger charge is 2.27. The van der Waals surface area contributed by atoms with E-state index < -0.39 is 0 Å². The monoisotopic (exact) mass is 483 g/mol. The Kier molecular flexibility index (Phi) is 7.37. The number of nitrogens with one attached hydrogen (secondary N) is 1. The molecule has 4 rings (SSSR count). The van der Waals surface area contributed by atoms with E-state index in [-0.39, 0.29) is 12.1 Å². The summed E-state index contributed by atoms with van der Waals surface area (Å²) in [6.07, 6.45) is 0.257. The Hall–Kier alpha value is -3.22. The van der Waals surface area contributed by atoms with Crippen LogP contribution in [0, 0.1) is 0 Å². The van der Waals surface area contributed by atoms with Gasteiger partial charge in [0, 0.05) is 18.5 Å². The molecule has 0 bridgehead atoms. The lowest BCUT2D eigenvalue weighted by Crippen LogP contribution is -2.40. The number of carbonyl (C=O) groups is 1. The van der Waals surface area contributed by atoms with Gasteiger partial charge in [0.1, 0.15) is 5.75 Å². The van der Waals surface area contributed by atoms with Crippen molar-refractivity contribution in [2.75, 3.05) is 19.0 Å². The lowest BCUT2D eigenvalue weighted by atomic mass is 10.0. The number of para-hydroxylation sites is 2. The largest absolute Gasteiger partial charge is 0.495 e. The highest BCUT2D eigenvalue weighted by Crippen LogP contribution is 2.27. The normalized spacial score (nSPS) is 14.9. The van der Waals surface area contributed by atoms with Crippen LogP contribution < -0.4 is 10.1 Å².